The standard InChI is InChI=1S/C34H33FN8O2.2H2S/c1-21-8-5-9-23-10-6-12-26(29(21)23)30-27(16-36)31-28(18-38-30)32(40-34(39-31)45-20-24-11-7-13-41(24)4)42-14-15-43(33(44)22(2)35)25(19-42)17-37-3;;/h5-6,8-10,12,18,24-25H,2,7,11,13-15,17,19-20H2,1,4H3;2*1H2/t24-,25-;;/m0../s1. The summed E-state index contributed by atoms with van der Waals surface area (Å²) in [5.74, 6) is -1.39. The van der Waals surface area contributed by atoms with Crippen LogP contribution in [0.4, 0.5) is 10.2 Å². The number of benzene rings is 2. The van der Waals surface area contributed by atoms with E-state index in [2.05, 4.69) is 29.4 Å². The maximum Gasteiger partial charge on any atom is 0.319 e. The molecule has 244 valence electrons. The van der Waals surface area contributed by atoms with Crippen molar-refractivity contribution in [2.75, 3.05) is 51.3 Å². The van der Waals surface area contributed by atoms with Crippen molar-refractivity contribution in [3.8, 4) is 23.3 Å². The second kappa shape index (κ2) is 15.0. The van der Waals surface area contributed by atoms with E-state index >= 15 is 0 Å². The van der Waals surface area contributed by atoms with Crippen LogP contribution in [0.2, 0.25) is 0 Å². The lowest BCUT2D eigenvalue weighted by Crippen LogP contribution is -2.56. The number of hydrogen-bond donors (Lipinski definition) is 0. The highest BCUT2D eigenvalue weighted by molar-refractivity contribution is 7.59. The quantitative estimate of drug-likeness (QED) is 0.197. The number of amides is 1. The summed E-state index contributed by atoms with van der Waals surface area (Å²) >= 11 is 0. The van der Waals surface area contributed by atoms with Gasteiger partial charge < -0.3 is 24.3 Å². The van der Waals surface area contributed by atoms with Crippen LogP contribution in [0.3, 0.4) is 0 Å². The predicted octanol–water partition coefficient (Wildman–Crippen LogP) is 5.14. The van der Waals surface area contributed by atoms with E-state index in [1.165, 1.54) is 4.90 Å². The van der Waals surface area contributed by atoms with Crippen LogP contribution in [0, 0.1) is 24.8 Å². The summed E-state index contributed by atoms with van der Waals surface area (Å²) in [6.45, 7) is 14.7. The number of anilines is 1. The van der Waals surface area contributed by atoms with E-state index in [1.54, 1.807) is 6.20 Å². The number of ether oxygens (including phenoxy) is 1. The second-order valence-corrected chi connectivity index (χ2v) is 11.6. The summed E-state index contributed by atoms with van der Waals surface area (Å²) in [6, 6.07) is 14.2. The van der Waals surface area contributed by atoms with Crippen LogP contribution < -0.4 is 9.64 Å². The molecule has 0 spiro atoms. The summed E-state index contributed by atoms with van der Waals surface area (Å²) in [7, 11) is 2.07. The Bertz CT molecular complexity index is 1900. The number of nitrogens with zero attached hydrogens (tertiary/aromatic N) is 8. The fraction of sp³-hybridized carbons (Fsp3) is 0.353. The maximum absolute atomic E-state index is 13.8. The molecule has 10 nitrogen and oxygen atoms in total. The van der Waals surface area contributed by atoms with E-state index in [0.717, 1.165) is 41.3 Å². The number of rotatable bonds is 7. The summed E-state index contributed by atoms with van der Waals surface area (Å²) < 4.78 is 20.0. The first-order valence-corrected chi connectivity index (χ1v) is 15.0. The molecule has 2 aromatic heterocycles. The number of piperazine rings is 1. The Morgan fingerprint density at radius 2 is 1.94 bits per heavy atom. The van der Waals surface area contributed by atoms with E-state index in [-0.39, 0.29) is 58.7 Å². The van der Waals surface area contributed by atoms with Gasteiger partial charge in [-0.1, -0.05) is 43.0 Å². The molecule has 2 aromatic carbocycles. The van der Waals surface area contributed by atoms with E-state index in [0.29, 0.717) is 41.1 Å². The Hall–Kier alpha value is -4.43. The predicted molar refractivity (Wildman–Crippen MR) is 191 cm³/mol. The number of pyridine rings is 1. The Kier molecular flexibility index (Phi) is 11.3. The molecule has 0 unspecified atom stereocenters. The number of hydrogen-bond acceptors (Lipinski definition) is 8. The normalized spacial score (nSPS) is 17.8. The highest BCUT2D eigenvalue weighted by Crippen LogP contribution is 2.37. The molecule has 0 aliphatic carbocycles. The molecular formula is C34H37FN8O2S2. The molecule has 0 radical (unpaired) electrons. The van der Waals surface area contributed by atoms with Gasteiger partial charge in [-0.25, -0.2) is 11.0 Å². The summed E-state index contributed by atoms with van der Waals surface area (Å²) in [5, 5.41) is 13.2. The average Bonchev–Trinajstić information content (AvgIpc) is 3.46. The van der Waals surface area contributed by atoms with Crippen LogP contribution in [0.5, 0.6) is 6.01 Å². The average molecular weight is 673 g/mol. The third-order valence-corrected chi connectivity index (χ3v) is 8.83. The lowest BCUT2D eigenvalue weighted by atomic mass is 9.95. The zero-order valence-electron chi connectivity index (χ0n) is 26.3. The molecule has 2 aliphatic rings. The molecular weight excluding hydrogens is 636 g/mol. The zero-order chi connectivity index (χ0) is 31.7. The van der Waals surface area contributed by atoms with Gasteiger partial charge >= 0.3 is 6.01 Å². The number of carbonyl (C=O) groups excluding carboxylic acids is 1. The molecule has 47 heavy (non-hydrogen) atoms. The number of likely N-dealkylation sites (tertiary alicyclic amines) is 1. The van der Waals surface area contributed by atoms with E-state index in [4.69, 9.17) is 26.3 Å². The van der Waals surface area contributed by atoms with Crippen LogP contribution in [-0.2, 0) is 4.79 Å². The molecule has 2 atom stereocenters. The van der Waals surface area contributed by atoms with Crippen LogP contribution in [0.25, 0.3) is 37.8 Å². The van der Waals surface area contributed by atoms with E-state index < -0.39 is 17.8 Å². The number of carbonyl (C=O) groups is 1. The van der Waals surface area contributed by atoms with Crippen molar-refractivity contribution < 1.29 is 13.9 Å². The van der Waals surface area contributed by atoms with Crippen LogP contribution in [0.15, 0.2) is 55.0 Å². The number of nitriles is 1. The van der Waals surface area contributed by atoms with Gasteiger partial charge in [-0.3, -0.25) is 9.78 Å². The topological polar surface area (TPSA) is 103 Å². The molecule has 0 bridgehead atoms. The third kappa shape index (κ3) is 6.84. The maximum atomic E-state index is 13.8. The number of aryl methyl sites for hydroxylation is 1. The second-order valence-electron chi connectivity index (χ2n) is 11.6. The number of aromatic nitrogens is 3. The molecule has 2 fully saturated rings. The van der Waals surface area contributed by atoms with Gasteiger partial charge in [0.05, 0.1) is 11.1 Å². The Balaban J connectivity index is 0.00000250. The van der Waals surface area contributed by atoms with Crippen molar-refractivity contribution >= 4 is 60.4 Å². The fourth-order valence-corrected chi connectivity index (χ4v) is 6.49. The first-order chi connectivity index (χ1) is 21.8. The highest BCUT2D eigenvalue weighted by atomic mass is 32.1. The number of fused-ring (bicyclic) bond motifs is 2. The van der Waals surface area contributed by atoms with Gasteiger partial charge in [-0.15, -0.1) is 0 Å². The Labute approximate surface area is 287 Å². The monoisotopic (exact) mass is 672 g/mol. The van der Waals surface area contributed by atoms with Gasteiger partial charge in [0.25, 0.3) is 5.91 Å². The molecule has 6 rings (SSSR count). The smallest absolute Gasteiger partial charge is 0.319 e. The van der Waals surface area contributed by atoms with Crippen LogP contribution in [-0.4, -0.2) is 89.1 Å². The fourth-order valence-electron chi connectivity index (χ4n) is 6.49. The lowest BCUT2D eigenvalue weighted by molar-refractivity contribution is -0.131. The van der Waals surface area contributed by atoms with E-state index in [9.17, 15) is 14.4 Å². The molecule has 0 N–H and O–H groups in total. The highest BCUT2D eigenvalue weighted by Gasteiger charge is 2.35. The largest absolute Gasteiger partial charge is 0.462 e. The van der Waals surface area contributed by atoms with Gasteiger partial charge in [0.15, 0.2) is 5.83 Å². The van der Waals surface area contributed by atoms with Gasteiger partial charge in [-0.05, 0) is 49.7 Å². The summed E-state index contributed by atoms with van der Waals surface area (Å²) in [6.07, 6.45) is 3.77. The molecule has 13 heteroatoms. The third-order valence-electron chi connectivity index (χ3n) is 8.83. The molecule has 2 aliphatic heterocycles. The summed E-state index contributed by atoms with van der Waals surface area (Å²) in [5.41, 5.74) is 3.12. The van der Waals surface area contributed by atoms with Crippen molar-refractivity contribution in [1.29, 1.82) is 5.26 Å². The van der Waals surface area contributed by atoms with Crippen molar-refractivity contribution in [2.45, 2.75) is 31.8 Å². The molecule has 4 heterocycles. The Morgan fingerprint density at radius 3 is 2.62 bits per heavy atom. The lowest BCUT2D eigenvalue weighted by Gasteiger charge is -2.39. The van der Waals surface area contributed by atoms with Crippen molar-refractivity contribution in [1.82, 2.24) is 24.8 Å². The molecule has 0 saturated carbocycles. The first kappa shape index (κ1) is 35.4. The molecule has 4 aromatic rings. The van der Waals surface area contributed by atoms with Gasteiger partial charge in [-0.2, -0.15) is 42.2 Å². The van der Waals surface area contributed by atoms with Gasteiger partial charge in [0.1, 0.15) is 35.6 Å². The van der Waals surface area contributed by atoms with Crippen molar-refractivity contribution in [3.05, 3.63) is 77.5 Å². The number of likely N-dealkylation sites (N-methyl/N-ethyl adjacent to an activating group) is 1. The van der Waals surface area contributed by atoms with Gasteiger partial charge in [0.2, 0.25) is 6.54 Å². The van der Waals surface area contributed by atoms with Crippen LogP contribution >= 0.6 is 27.0 Å². The minimum absolute atomic E-state index is 0. The molecule has 1 amide bonds. The first-order valence-electron chi connectivity index (χ1n) is 15.0. The van der Waals surface area contributed by atoms with Crippen LogP contribution in [0.1, 0.15) is 24.0 Å². The zero-order valence-corrected chi connectivity index (χ0v) is 28.3. The van der Waals surface area contributed by atoms with Crippen molar-refractivity contribution in [2.24, 2.45) is 0 Å². The molecule has 2 saturated heterocycles. The minimum atomic E-state index is -1.06. The van der Waals surface area contributed by atoms with E-state index in [1.807, 2.05) is 48.2 Å². The van der Waals surface area contributed by atoms with Crippen molar-refractivity contribution in [3.63, 3.8) is 0 Å². The minimum Gasteiger partial charge on any atom is -0.462 e. The van der Waals surface area contributed by atoms with Gasteiger partial charge in [0, 0.05) is 37.4 Å². The number of halogens is 1. The SMILES string of the molecule is S.S.[C-]#[N+]C[C@H]1CN(c2nc(OC[C@@H]3CCCN3C)nc3c(C#N)c(-c4cccc5cccc(C)c45)ncc23)CCN1C(=O)C(=C)F. The summed E-state index contributed by atoms with van der Waals surface area (Å²) in [4.78, 5) is 36.0. The Morgan fingerprint density at radius 1 is 1.17 bits per heavy atom.